The molecule has 1 aromatic rings. The lowest BCUT2D eigenvalue weighted by Gasteiger charge is -2.32. The minimum atomic E-state index is -1.32. The Balaban J connectivity index is 2.27. The number of rotatable bonds is 1. The van der Waals surface area contributed by atoms with Crippen molar-refractivity contribution in [2.45, 2.75) is 37.4 Å². The minimum absolute atomic E-state index is 0.0383. The van der Waals surface area contributed by atoms with E-state index in [0.29, 0.717) is 18.5 Å². The van der Waals surface area contributed by atoms with Crippen molar-refractivity contribution >= 4 is 0 Å². The van der Waals surface area contributed by atoms with Crippen molar-refractivity contribution in [2.24, 2.45) is 12.8 Å². The van der Waals surface area contributed by atoms with Gasteiger partial charge in [0, 0.05) is 19.5 Å². The topological polar surface area (TPSA) is 56.7 Å². The molecule has 1 heterocycles. The van der Waals surface area contributed by atoms with Crippen LogP contribution in [0.4, 0.5) is 4.39 Å². The second-order valence-corrected chi connectivity index (χ2v) is 4.06. The Morgan fingerprint density at radius 2 is 2.50 bits per heavy atom. The van der Waals surface area contributed by atoms with Gasteiger partial charge in [-0.1, -0.05) is 5.21 Å². The van der Waals surface area contributed by atoms with Gasteiger partial charge >= 0.3 is 0 Å². The highest BCUT2D eigenvalue weighted by Crippen LogP contribution is 2.39. The normalized spacial score (nSPS) is 33.2. The number of hydrogen-bond acceptors (Lipinski definition) is 3. The molecule has 0 amide bonds. The third kappa shape index (κ3) is 1.52. The quantitative estimate of drug-likeness (QED) is 0.728. The van der Waals surface area contributed by atoms with E-state index >= 15 is 0 Å². The van der Waals surface area contributed by atoms with Crippen LogP contribution in [0.2, 0.25) is 0 Å². The standard InChI is InChI=1S/C9H15FN4/c1-14-8(6-12-13-14)9(10)4-2-3-7(11)5-9/h6-7H,2-5,11H2,1H3. The first-order valence-electron chi connectivity index (χ1n) is 4.91. The molecule has 2 unspecified atom stereocenters. The summed E-state index contributed by atoms with van der Waals surface area (Å²) in [6.07, 6.45) is 4.16. The predicted octanol–water partition coefficient (Wildman–Crippen LogP) is 0.881. The van der Waals surface area contributed by atoms with Gasteiger partial charge in [0.2, 0.25) is 0 Å². The van der Waals surface area contributed by atoms with Crippen molar-refractivity contribution < 1.29 is 4.39 Å². The molecule has 0 aromatic carbocycles. The largest absolute Gasteiger partial charge is 0.328 e. The molecule has 0 radical (unpaired) electrons. The average molecular weight is 198 g/mol. The highest BCUT2D eigenvalue weighted by atomic mass is 19.1. The molecular formula is C9H15FN4. The van der Waals surface area contributed by atoms with Crippen LogP contribution in [-0.2, 0) is 12.7 Å². The molecule has 1 fully saturated rings. The van der Waals surface area contributed by atoms with Crippen molar-refractivity contribution in [1.29, 1.82) is 0 Å². The molecule has 5 heteroatoms. The number of nitrogens with zero attached hydrogens (tertiary/aromatic N) is 3. The van der Waals surface area contributed by atoms with E-state index in [0.717, 1.165) is 12.8 Å². The number of aromatic nitrogens is 3. The molecule has 0 aliphatic heterocycles. The smallest absolute Gasteiger partial charge is 0.155 e. The molecule has 2 N–H and O–H groups in total. The second-order valence-electron chi connectivity index (χ2n) is 4.06. The van der Waals surface area contributed by atoms with Crippen LogP contribution in [0.3, 0.4) is 0 Å². The van der Waals surface area contributed by atoms with Gasteiger partial charge in [0.1, 0.15) is 0 Å². The molecule has 2 atom stereocenters. The summed E-state index contributed by atoms with van der Waals surface area (Å²) < 4.78 is 16.0. The zero-order valence-electron chi connectivity index (χ0n) is 8.28. The van der Waals surface area contributed by atoms with E-state index in [1.165, 1.54) is 10.9 Å². The highest BCUT2D eigenvalue weighted by molar-refractivity contribution is 5.10. The maximum Gasteiger partial charge on any atom is 0.155 e. The van der Waals surface area contributed by atoms with Crippen LogP contribution in [0.1, 0.15) is 31.4 Å². The van der Waals surface area contributed by atoms with Crippen molar-refractivity contribution in [3.63, 3.8) is 0 Å². The summed E-state index contributed by atoms with van der Waals surface area (Å²) in [5, 5.41) is 7.45. The van der Waals surface area contributed by atoms with Crippen molar-refractivity contribution in [1.82, 2.24) is 15.0 Å². The highest BCUT2D eigenvalue weighted by Gasteiger charge is 2.39. The molecule has 1 aliphatic rings. The molecule has 0 bridgehead atoms. The number of nitrogens with two attached hydrogens (primary N) is 1. The SMILES string of the molecule is Cn1nncc1C1(F)CCCC(N)C1. The molecule has 78 valence electrons. The lowest BCUT2D eigenvalue weighted by molar-refractivity contribution is 0.0853. The third-order valence-electron chi connectivity index (χ3n) is 2.91. The average Bonchev–Trinajstić information content (AvgIpc) is 2.51. The maximum atomic E-state index is 14.5. The Labute approximate surface area is 82.3 Å². The fourth-order valence-corrected chi connectivity index (χ4v) is 2.19. The van der Waals surface area contributed by atoms with Gasteiger partial charge in [0.05, 0.1) is 11.9 Å². The van der Waals surface area contributed by atoms with E-state index in [-0.39, 0.29) is 6.04 Å². The van der Waals surface area contributed by atoms with E-state index in [4.69, 9.17) is 5.73 Å². The molecule has 0 saturated heterocycles. The Hall–Kier alpha value is -0.970. The zero-order valence-corrected chi connectivity index (χ0v) is 8.28. The predicted molar refractivity (Wildman–Crippen MR) is 50.2 cm³/mol. The molecule has 4 nitrogen and oxygen atoms in total. The van der Waals surface area contributed by atoms with Crippen molar-refractivity contribution in [2.75, 3.05) is 0 Å². The molecule has 1 aliphatic carbocycles. The van der Waals surface area contributed by atoms with Gasteiger partial charge in [-0.25, -0.2) is 9.07 Å². The van der Waals surface area contributed by atoms with Crippen LogP contribution in [0.25, 0.3) is 0 Å². The molecule has 14 heavy (non-hydrogen) atoms. The van der Waals surface area contributed by atoms with E-state index < -0.39 is 5.67 Å². The Morgan fingerprint density at radius 3 is 3.07 bits per heavy atom. The lowest BCUT2D eigenvalue weighted by atomic mass is 9.81. The van der Waals surface area contributed by atoms with Gasteiger partial charge < -0.3 is 5.73 Å². The van der Waals surface area contributed by atoms with Gasteiger partial charge in [-0.3, -0.25) is 0 Å². The Morgan fingerprint density at radius 1 is 1.71 bits per heavy atom. The van der Waals surface area contributed by atoms with Crippen molar-refractivity contribution in [3.05, 3.63) is 11.9 Å². The van der Waals surface area contributed by atoms with E-state index in [1.807, 2.05) is 0 Å². The molecule has 1 saturated carbocycles. The van der Waals surface area contributed by atoms with Gasteiger partial charge in [-0.2, -0.15) is 0 Å². The van der Waals surface area contributed by atoms with Gasteiger partial charge in [-0.15, -0.1) is 5.10 Å². The summed E-state index contributed by atoms with van der Waals surface area (Å²) in [6.45, 7) is 0. The number of alkyl halides is 1. The third-order valence-corrected chi connectivity index (χ3v) is 2.91. The first-order chi connectivity index (χ1) is 6.62. The van der Waals surface area contributed by atoms with Crippen molar-refractivity contribution in [3.8, 4) is 0 Å². The van der Waals surface area contributed by atoms with Crippen LogP contribution < -0.4 is 5.73 Å². The van der Waals surface area contributed by atoms with Crippen LogP contribution in [-0.4, -0.2) is 21.0 Å². The van der Waals surface area contributed by atoms with E-state index in [2.05, 4.69) is 10.3 Å². The second kappa shape index (κ2) is 3.31. The van der Waals surface area contributed by atoms with Crippen LogP contribution >= 0.6 is 0 Å². The fourth-order valence-electron chi connectivity index (χ4n) is 2.19. The summed E-state index contributed by atoms with van der Waals surface area (Å²) >= 11 is 0. The number of halogens is 1. The minimum Gasteiger partial charge on any atom is -0.328 e. The van der Waals surface area contributed by atoms with E-state index in [9.17, 15) is 4.39 Å². The summed E-state index contributed by atoms with van der Waals surface area (Å²) in [4.78, 5) is 0. The summed E-state index contributed by atoms with van der Waals surface area (Å²) in [5.74, 6) is 0. The molecule has 0 spiro atoms. The monoisotopic (exact) mass is 198 g/mol. The van der Waals surface area contributed by atoms with Crippen LogP contribution in [0, 0.1) is 0 Å². The van der Waals surface area contributed by atoms with Crippen LogP contribution in [0.15, 0.2) is 6.20 Å². The van der Waals surface area contributed by atoms with Gasteiger partial charge in [0.15, 0.2) is 5.67 Å². The molecule has 1 aromatic heterocycles. The first kappa shape index (κ1) is 9.58. The number of hydrogen-bond donors (Lipinski definition) is 1. The van der Waals surface area contributed by atoms with E-state index in [1.54, 1.807) is 7.05 Å². The van der Waals surface area contributed by atoms with Gasteiger partial charge in [-0.05, 0) is 19.3 Å². The van der Waals surface area contributed by atoms with Gasteiger partial charge in [0.25, 0.3) is 0 Å². The first-order valence-corrected chi connectivity index (χ1v) is 4.91. The summed E-state index contributed by atoms with van der Waals surface area (Å²) in [5.41, 5.74) is 5.00. The molecule has 2 rings (SSSR count). The zero-order chi connectivity index (χ0) is 10.2. The molecular weight excluding hydrogens is 183 g/mol. The Kier molecular flexibility index (Phi) is 2.26. The van der Waals surface area contributed by atoms with Crippen LogP contribution in [0.5, 0.6) is 0 Å². The fraction of sp³-hybridized carbons (Fsp3) is 0.778. The summed E-state index contributed by atoms with van der Waals surface area (Å²) in [7, 11) is 1.71. The maximum absolute atomic E-state index is 14.5. The summed E-state index contributed by atoms with van der Waals surface area (Å²) in [6, 6.07) is -0.0383. The lowest BCUT2D eigenvalue weighted by Crippen LogP contribution is -2.37. The Bertz CT molecular complexity index is 324. The number of aryl methyl sites for hydroxylation is 1.